The fraction of sp³-hybridized carbons (Fsp3) is 0.462. The first-order valence-electron chi connectivity index (χ1n) is 6.12. The van der Waals surface area contributed by atoms with Crippen molar-refractivity contribution in [3.63, 3.8) is 0 Å². The zero-order valence-electron chi connectivity index (χ0n) is 11.2. The van der Waals surface area contributed by atoms with Crippen LogP contribution in [0.1, 0.15) is 23.7 Å². The summed E-state index contributed by atoms with van der Waals surface area (Å²) in [6, 6.07) is 3.73. The smallest absolute Gasteiger partial charge is 0.385 e. The summed E-state index contributed by atoms with van der Waals surface area (Å²) in [5.74, 6) is -1.52. The van der Waals surface area contributed by atoms with Crippen molar-refractivity contribution in [3.05, 3.63) is 29.6 Å². The van der Waals surface area contributed by atoms with Gasteiger partial charge in [-0.2, -0.15) is 13.2 Å². The Morgan fingerprint density at radius 3 is 2.50 bits per heavy atom. The molecule has 1 N–H and O–H groups in total. The highest BCUT2D eigenvalue weighted by Crippen LogP contribution is 2.23. The molecule has 0 atom stereocenters. The van der Waals surface area contributed by atoms with Crippen LogP contribution in [0.2, 0.25) is 0 Å². The van der Waals surface area contributed by atoms with Gasteiger partial charge in [0.25, 0.3) is 5.91 Å². The summed E-state index contributed by atoms with van der Waals surface area (Å²) in [6.07, 6.45) is -4.11. The number of carbonyl (C=O) groups is 1. The highest BCUT2D eigenvalue weighted by atomic mass is 19.4. The molecule has 0 radical (unpaired) electrons. The normalized spacial score (nSPS) is 11.3. The maximum Gasteiger partial charge on any atom is 0.406 e. The third kappa shape index (κ3) is 4.11. The third-order valence-corrected chi connectivity index (χ3v) is 2.64. The van der Waals surface area contributed by atoms with Crippen LogP contribution in [-0.2, 0) is 0 Å². The van der Waals surface area contributed by atoms with Crippen molar-refractivity contribution in [1.82, 2.24) is 4.90 Å². The minimum Gasteiger partial charge on any atom is -0.385 e. The molecule has 3 nitrogen and oxygen atoms in total. The monoisotopic (exact) mass is 292 g/mol. The van der Waals surface area contributed by atoms with Gasteiger partial charge in [-0.1, -0.05) is 13.0 Å². The molecule has 0 spiro atoms. The molecular formula is C13H16F4N2O. The van der Waals surface area contributed by atoms with E-state index in [4.69, 9.17) is 0 Å². The quantitative estimate of drug-likeness (QED) is 0.845. The fourth-order valence-corrected chi connectivity index (χ4v) is 1.87. The van der Waals surface area contributed by atoms with E-state index in [1.807, 2.05) is 0 Å². The minimum atomic E-state index is -4.49. The van der Waals surface area contributed by atoms with E-state index in [9.17, 15) is 22.4 Å². The number of nitrogens with one attached hydrogen (secondary N) is 1. The number of alkyl halides is 3. The number of anilines is 1. The Hall–Kier alpha value is -1.79. The fourth-order valence-electron chi connectivity index (χ4n) is 1.87. The topological polar surface area (TPSA) is 32.3 Å². The molecule has 1 aromatic carbocycles. The molecule has 1 rings (SSSR count). The van der Waals surface area contributed by atoms with Gasteiger partial charge in [-0.3, -0.25) is 4.79 Å². The number of para-hydroxylation sites is 1. The van der Waals surface area contributed by atoms with E-state index in [0.29, 0.717) is 11.3 Å². The number of halogens is 4. The second-order valence-electron chi connectivity index (χ2n) is 4.25. The van der Waals surface area contributed by atoms with Gasteiger partial charge in [-0.15, -0.1) is 0 Å². The summed E-state index contributed by atoms with van der Waals surface area (Å²) in [4.78, 5) is 12.8. The first-order valence-corrected chi connectivity index (χ1v) is 6.12. The largest absolute Gasteiger partial charge is 0.406 e. The van der Waals surface area contributed by atoms with Crippen LogP contribution in [0.25, 0.3) is 0 Å². The molecule has 0 aliphatic heterocycles. The Bertz CT molecular complexity index is 474. The van der Waals surface area contributed by atoms with Crippen molar-refractivity contribution in [2.24, 2.45) is 0 Å². The van der Waals surface area contributed by atoms with Gasteiger partial charge in [-0.05, 0) is 18.6 Å². The molecule has 0 fully saturated rings. The highest BCUT2D eigenvalue weighted by Gasteiger charge is 2.33. The van der Waals surface area contributed by atoms with E-state index in [0.717, 1.165) is 6.07 Å². The van der Waals surface area contributed by atoms with Crippen LogP contribution in [-0.4, -0.2) is 37.1 Å². The molecule has 0 saturated heterocycles. The maximum absolute atomic E-state index is 13.5. The average molecular weight is 292 g/mol. The summed E-state index contributed by atoms with van der Waals surface area (Å²) in [5, 5.41) is 2.50. The van der Waals surface area contributed by atoms with Gasteiger partial charge in [-0.25, -0.2) is 4.39 Å². The second-order valence-corrected chi connectivity index (χ2v) is 4.25. The lowest BCUT2D eigenvalue weighted by Gasteiger charge is -2.24. The Morgan fingerprint density at radius 2 is 2.00 bits per heavy atom. The summed E-state index contributed by atoms with van der Waals surface area (Å²) in [5.41, 5.74) is -0.203. The van der Waals surface area contributed by atoms with Crippen LogP contribution >= 0.6 is 0 Å². The Balaban J connectivity index is 3.09. The number of amides is 1. The first-order chi connectivity index (χ1) is 9.30. The zero-order valence-corrected chi connectivity index (χ0v) is 11.2. The minimum absolute atomic E-state index is 0.0436. The van der Waals surface area contributed by atoms with E-state index in [2.05, 4.69) is 5.32 Å². The Kier molecular flexibility index (Phi) is 5.35. The predicted molar refractivity (Wildman–Crippen MR) is 68.2 cm³/mol. The van der Waals surface area contributed by atoms with Crippen LogP contribution in [0.5, 0.6) is 0 Å². The van der Waals surface area contributed by atoms with Gasteiger partial charge < -0.3 is 10.2 Å². The van der Waals surface area contributed by atoms with E-state index >= 15 is 0 Å². The maximum atomic E-state index is 13.5. The van der Waals surface area contributed by atoms with Gasteiger partial charge >= 0.3 is 6.18 Å². The molecular weight excluding hydrogens is 276 g/mol. The molecule has 112 valence electrons. The number of rotatable bonds is 5. The SMILES string of the molecule is CCCN(CC(F)(F)F)C(=O)c1cccc(F)c1NC. The third-order valence-electron chi connectivity index (χ3n) is 2.64. The number of hydrogen-bond acceptors (Lipinski definition) is 2. The van der Waals surface area contributed by atoms with Crippen molar-refractivity contribution in [2.45, 2.75) is 19.5 Å². The van der Waals surface area contributed by atoms with Crippen molar-refractivity contribution in [1.29, 1.82) is 0 Å². The molecule has 0 saturated carbocycles. The van der Waals surface area contributed by atoms with Crippen LogP contribution in [0, 0.1) is 5.82 Å². The predicted octanol–water partition coefficient (Wildman–Crippen LogP) is 3.28. The van der Waals surface area contributed by atoms with Gasteiger partial charge in [0.05, 0.1) is 11.3 Å². The van der Waals surface area contributed by atoms with Gasteiger partial charge in [0.1, 0.15) is 12.4 Å². The van der Waals surface area contributed by atoms with Crippen LogP contribution in [0.15, 0.2) is 18.2 Å². The van der Waals surface area contributed by atoms with Crippen molar-refractivity contribution < 1.29 is 22.4 Å². The molecule has 0 heterocycles. The lowest BCUT2D eigenvalue weighted by atomic mass is 10.1. The summed E-state index contributed by atoms with van der Waals surface area (Å²) in [6.45, 7) is 0.276. The van der Waals surface area contributed by atoms with Crippen LogP contribution in [0.4, 0.5) is 23.2 Å². The highest BCUT2D eigenvalue weighted by molar-refractivity contribution is 5.99. The van der Waals surface area contributed by atoms with E-state index < -0.39 is 24.4 Å². The van der Waals surface area contributed by atoms with Crippen molar-refractivity contribution >= 4 is 11.6 Å². The van der Waals surface area contributed by atoms with Gasteiger partial charge in [0, 0.05) is 13.6 Å². The number of benzene rings is 1. The molecule has 0 unspecified atom stereocenters. The number of nitrogens with zero attached hydrogens (tertiary/aromatic N) is 1. The van der Waals surface area contributed by atoms with Crippen molar-refractivity contribution in [3.8, 4) is 0 Å². The van der Waals surface area contributed by atoms with E-state index in [-0.39, 0.29) is 17.8 Å². The molecule has 0 aromatic heterocycles. The Labute approximate surface area is 114 Å². The van der Waals surface area contributed by atoms with Crippen molar-refractivity contribution in [2.75, 3.05) is 25.5 Å². The van der Waals surface area contributed by atoms with E-state index in [1.165, 1.54) is 19.2 Å². The van der Waals surface area contributed by atoms with Gasteiger partial charge in [0.15, 0.2) is 0 Å². The average Bonchev–Trinajstić information content (AvgIpc) is 2.35. The summed E-state index contributed by atoms with van der Waals surface area (Å²) < 4.78 is 51.0. The van der Waals surface area contributed by atoms with Crippen LogP contribution in [0.3, 0.4) is 0 Å². The zero-order chi connectivity index (χ0) is 15.3. The molecule has 0 aliphatic carbocycles. The number of hydrogen-bond donors (Lipinski definition) is 1. The lowest BCUT2D eigenvalue weighted by molar-refractivity contribution is -0.140. The Morgan fingerprint density at radius 1 is 1.35 bits per heavy atom. The molecule has 20 heavy (non-hydrogen) atoms. The summed E-state index contributed by atoms with van der Waals surface area (Å²) >= 11 is 0. The second kappa shape index (κ2) is 6.58. The summed E-state index contributed by atoms with van der Waals surface area (Å²) in [7, 11) is 1.41. The van der Waals surface area contributed by atoms with Crippen LogP contribution < -0.4 is 5.32 Å². The van der Waals surface area contributed by atoms with E-state index in [1.54, 1.807) is 6.92 Å². The standard InChI is InChI=1S/C13H16F4N2O/c1-3-7-19(8-13(15,16)17)12(20)9-5-4-6-10(14)11(9)18-2/h4-6,18H,3,7-8H2,1-2H3. The molecule has 7 heteroatoms. The number of carbonyl (C=O) groups excluding carboxylic acids is 1. The molecule has 1 aromatic rings. The first kappa shape index (κ1) is 16.3. The lowest BCUT2D eigenvalue weighted by Crippen LogP contribution is -2.39. The molecule has 0 bridgehead atoms. The molecule has 0 aliphatic rings. The molecule has 1 amide bonds. The van der Waals surface area contributed by atoms with Gasteiger partial charge in [0.2, 0.25) is 0 Å².